The first-order chi connectivity index (χ1) is 10.7. The number of para-hydroxylation sites is 1. The number of amides is 2. The fourth-order valence-corrected chi connectivity index (χ4v) is 2.39. The summed E-state index contributed by atoms with van der Waals surface area (Å²) in [6.07, 6.45) is 4.77. The fourth-order valence-electron chi connectivity index (χ4n) is 1.77. The van der Waals surface area contributed by atoms with Gasteiger partial charge in [0, 0.05) is 12.6 Å². The monoisotopic (exact) mass is 312 g/mol. The van der Waals surface area contributed by atoms with Gasteiger partial charge in [-0.25, -0.2) is 0 Å². The first-order valence-electron chi connectivity index (χ1n) is 6.70. The Kier molecular flexibility index (Phi) is 5.68. The fraction of sp³-hybridized carbons (Fsp3) is 0.0588. The minimum absolute atomic E-state index is 0.252. The largest absolute Gasteiger partial charge is 0.349 e. The number of nitrogens with one attached hydrogen (secondary N) is 2. The number of carbonyl (C=O) groups is 2. The molecular formula is C17H16N2O2S. The van der Waals surface area contributed by atoms with Crippen molar-refractivity contribution in [2.24, 2.45) is 0 Å². The highest BCUT2D eigenvalue weighted by molar-refractivity contribution is 7.08. The van der Waals surface area contributed by atoms with Crippen molar-refractivity contribution < 1.29 is 9.59 Å². The third-order valence-electron chi connectivity index (χ3n) is 2.81. The van der Waals surface area contributed by atoms with Gasteiger partial charge < -0.3 is 10.6 Å². The van der Waals surface area contributed by atoms with Crippen molar-refractivity contribution in [2.75, 3.05) is 11.9 Å². The van der Waals surface area contributed by atoms with Crippen molar-refractivity contribution in [1.82, 2.24) is 5.32 Å². The standard InChI is InChI=1S/C17H16N2O2S/c1-2-10-18-17(21)14-5-3-4-6-15(14)19-16(20)8-7-13-9-11-22-12-13/h2-9,11-12H,1,10H2,(H,18,21)(H,19,20)/b8-7+. The van der Waals surface area contributed by atoms with Crippen LogP contribution in [0.15, 0.2) is 59.8 Å². The molecular weight excluding hydrogens is 296 g/mol. The molecule has 0 aliphatic rings. The van der Waals surface area contributed by atoms with Gasteiger partial charge in [-0.05, 0) is 40.6 Å². The quantitative estimate of drug-likeness (QED) is 0.635. The molecule has 4 nitrogen and oxygen atoms in total. The Hall–Kier alpha value is -2.66. The summed E-state index contributed by atoms with van der Waals surface area (Å²) in [7, 11) is 0. The maximum absolute atomic E-state index is 12.0. The van der Waals surface area contributed by atoms with E-state index in [2.05, 4.69) is 17.2 Å². The highest BCUT2D eigenvalue weighted by Gasteiger charge is 2.11. The maximum atomic E-state index is 12.0. The van der Waals surface area contributed by atoms with E-state index in [-0.39, 0.29) is 11.8 Å². The molecule has 1 aromatic carbocycles. The van der Waals surface area contributed by atoms with Crippen LogP contribution in [0.4, 0.5) is 5.69 Å². The van der Waals surface area contributed by atoms with Crippen LogP contribution in [0.5, 0.6) is 0 Å². The minimum Gasteiger partial charge on any atom is -0.349 e. The summed E-state index contributed by atoms with van der Waals surface area (Å²) in [5, 5.41) is 9.30. The molecule has 112 valence electrons. The zero-order valence-electron chi connectivity index (χ0n) is 11.9. The molecule has 2 rings (SSSR count). The van der Waals surface area contributed by atoms with Gasteiger partial charge in [0.1, 0.15) is 0 Å². The topological polar surface area (TPSA) is 58.2 Å². The predicted molar refractivity (Wildman–Crippen MR) is 91.0 cm³/mol. The summed E-state index contributed by atoms with van der Waals surface area (Å²) < 4.78 is 0. The molecule has 22 heavy (non-hydrogen) atoms. The van der Waals surface area contributed by atoms with E-state index in [1.165, 1.54) is 6.08 Å². The SMILES string of the molecule is C=CCNC(=O)c1ccccc1NC(=O)/C=C/c1ccsc1. The Balaban J connectivity index is 2.07. The van der Waals surface area contributed by atoms with E-state index in [9.17, 15) is 9.59 Å². The second kappa shape index (κ2) is 7.95. The Morgan fingerprint density at radius 1 is 1.23 bits per heavy atom. The molecule has 0 saturated carbocycles. The molecule has 0 unspecified atom stereocenters. The zero-order chi connectivity index (χ0) is 15.8. The van der Waals surface area contributed by atoms with Crippen LogP contribution in [0.3, 0.4) is 0 Å². The summed E-state index contributed by atoms with van der Waals surface area (Å²) in [6, 6.07) is 8.79. The molecule has 0 aliphatic heterocycles. The van der Waals surface area contributed by atoms with Gasteiger partial charge >= 0.3 is 0 Å². The van der Waals surface area contributed by atoms with Crippen LogP contribution in [0.1, 0.15) is 15.9 Å². The van der Waals surface area contributed by atoms with Crippen LogP contribution in [-0.4, -0.2) is 18.4 Å². The van der Waals surface area contributed by atoms with Crippen molar-refractivity contribution in [2.45, 2.75) is 0 Å². The zero-order valence-corrected chi connectivity index (χ0v) is 12.7. The molecule has 0 fully saturated rings. The van der Waals surface area contributed by atoms with Crippen molar-refractivity contribution in [3.63, 3.8) is 0 Å². The molecule has 0 spiro atoms. The van der Waals surface area contributed by atoms with E-state index in [4.69, 9.17) is 0 Å². The molecule has 1 heterocycles. The van der Waals surface area contributed by atoms with Gasteiger partial charge in [-0.15, -0.1) is 6.58 Å². The highest BCUT2D eigenvalue weighted by Crippen LogP contribution is 2.15. The molecule has 2 aromatic rings. The van der Waals surface area contributed by atoms with E-state index in [0.29, 0.717) is 17.8 Å². The lowest BCUT2D eigenvalue weighted by Gasteiger charge is -2.09. The molecule has 2 N–H and O–H groups in total. The lowest BCUT2D eigenvalue weighted by atomic mass is 10.1. The molecule has 2 amide bonds. The Morgan fingerprint density at radius 3 is 2.77 bits per heavy atom. The van der Waals surface area contributed by atoms with E-state index < -0.39 is 0 Å². The number of thiophene rings is 1. The smallest absolute Gasteiger partial charge is 0.253 e. The minimum atomic E-state index is -0.282. The van der Waals surface area contributed by atoms with Gasteiger partial charge in [0.2, 0.25) is 5.91 Å². The number of carbonyl (C=O) groups excluding carboxylic acids is 2. The Labute approximate surface area is 133 Å². The first-order valence-corrected chi connectivity index (χ1v) is 7.64. The first kappa shape index (κ1) is 15.7. The van der Waals surface area contributed by atoms with E-state index in [1.54, 1.807) is 47.8 Å². The molecule has 0 saturated heterocycles. The highest BCUT2D eigenvalue weighted by atomic mass is 32.1. The molecule has 0 radical (unpaired) electrons. The van der Waals surface area contributed by atoms with E-state index in [0.717, 1.165) is 5.56 Å². The second-order valence-corrected chi connectivity index (χ2v) is 5.20. The summed E-state index contributed by atoms with van der Waals surface area (Å²) in [4.78, 5) is 24.0. The summed E-state index contributed by atoms with van der Waals surface area (Å²) in [6.45, 7) is 3.93. The van der Waals surface area contributed by atoms with Crippen molar-refractivity contribution in [1.29, 1.82) is 0 Å². The second-order valence-electron chi connectivity index (χ2n) is 4.42. The number of rotatable bonds is 6. The number of anilines is 1. The van der Waals surface area contributed by atoms with Gasteiger partial charge in [-0.2, -0.15) is 11.3 Å². The average molecular weight is 312 g/mol. The van der Waals surface area contributed by atoms with Gasteiger partial charge in [0.05, 0.1) is 11.3 Å². The van der Waals surface area contributed by atoms with Gasteiger partial charge in [-0.3, -0.25) is 9.59 Å². The van der Waals surface area contributed by atoms with Crippen molar-refractivity contribution in [3.05, 3.63) is 70.9 Å². The van der Waals surface area contributed by atoms with Crippen LogP contribution in [0.25, 0.3) is 6.08 Å². The molecule has 0 aliphatic carbocycles. The number of hydrogen-bond donors (Lipinski definition) is 2. The maximum Gasteiger partial charge on any atom is 0.253 e. The Bertz CT molecular complexity index is 690. The molecule has 1 aromatic heterocycles. The third kappa shape index (κ3) is 4.43. The van der Waals surface area contributed by atoms with Crippen LogP contribution in [0.2, 0.25) is 0 Å². The van der Waals surface area contributed by atoms with E-state index >= 15 is 0 Å². The van der Waals surface area contributed by atoms with E-state index in [1.807, 2.05) is 16.8 Å². The van der Waals surface area contributed by atoms with Gasteiger partial charge in [0.25, 0.3) is 5.91 Å². The number of hydrogen-bond acceptors (Lipinski definition) is 3. The molecule has 0 atom stereocenters. The summed E-state index contributed by atoms with van der Waals surface area (Å²) in [5.41, 5.74) is 1.86. The van der Waals surface area contributed by atoms with Gasteiger partial charge in [-0.1, -0.05) is 18.2 Å². The average Bonchev–Trinajstić information content (AvgIpc) is 3.04. The van der Waals surface area contributed by atoms with Crippen LogP contribution in [0, 0.1) is 0 Å². The predicted octanol–water partition coefficient (Wildman–Crippen LogP) is 3.32. The molecule has 0 bridgehead atoms. The van der Waals surface area contributed by atoms with Crippen LogP contribution >= 0.6 is 11.3 Å². The Morgan fingerprint density at radius 2 is 2.05 bits per heavy atom. The lowest BCUT2D eigenvalue weighted by Crippen LogP contribution is -2.24. The molecule has 5 heteroatoms. The number of benzene rings is 1. The summed E-state index contributed by atoms with van der Waals surface area (Å²) in [5.74, 6) is -0.534. The summed E-state index contributed by atoms with van der Waals surface area (Å²) >= 11 is 1.57. The van der Waals surface area contributed by atoms with Crippen LogP contribution < -0.4 is 10.6 Å². The lowest BCUT2D eigenvalue weighted by molar-refractivity contribution is -0.111. The van der Waals surface area contributed by atoms with Crippen LogP contribution in [-0.2, 0) is 4.79 Å². The van der Waals surface area contributed by atoms with Crippen molar-refractivity contribution >= 4 is 34.9 Å². The van der Waals surface area contributed by atoms with Crippen molar-refractivity contribution in [3.8, 4) is 0 Å². The normalized spacial score (nSPS) is 10.4. The third-order valence-corrected chi connectivity index (χ3v) is 3.51. The van der Waals surface area contributed by atoms with Gasteiger partial charge in [0.15, 0.2) is 0 Å².